The van der Waals surface area contributed by atoms with Gasteiger partial charge in [0.2, 0.25) is 15.9 Å². The highest BCUT2D eigenvalue weighted by atomic mass is 32.2. The molecule has 1 amide bonds. The third-order valence-corrected chi connectivity index (χ3v) is 8.13. The lowest BCUT2D eigenvalue weighted by Gasteiger charge is -2.29. The topological polar surface area (TPSA) is 108 Å². The molecule has 10 heteroatoms. The van der Waals surface area contributed by atoms with Crippen LogP contribution in [0.25, 0.3) is 0 Å². The second kappa shape index (κ2) is 8.37. The Balaban J connectivity index is 1.56. The van der Waals surface area contributed by atoms with Crippen molar-refractivity contribution in [3.05, 3.63) is 18.3 Å². The number of aromatic nitrogens is 1. The van der Waals surface area contributed by atoms with E-state index in [9.17, 15) is 18.5 Å². The molecule has 8 nitrogen and oxygen atoms in total. The Morgan fingerprint density at radius 2 is 2.11 bits per heavy atom. The van der Waals surface area contributed by atoms with Gasteiger partial charge >= 0.3 is 0 Å². The SMILES string of the molecule is C[NH+]1CCN(S(=O)(=O)c2ccc(SCC(=O)N[C@](C)(C#N)C3CC3)nc2)CC1. The number of rotatable bonds is 7. The molecule has 28 heavy (non-hydrogen) atoms. The number of sulfonamides is 1. The van der Waals surface area contributed by atoms with Gasteiger partial charge in [0.05, 0.1) is 50.1 Å². The van der Waals surface area contributed by atoms with Crippen LogP contribution < -0.4 is 10.2 Å². The van der Waals surface area contributed by atoms with E-state index in [1.54, 1.807) is 13.0 Å². The van der Waals surface area contributed by atoms with Crippen molar-refractivity contribution in [1.29, 1.82) is 5.26 Å². The second-order valence-electron chi connectivity index (χ2n) is 7.62. The van der Waals surface area contributed by atoms with Gasteiger partial charge in [-0.3, -0.25) is 4.79 Å². The molecule has 1 aliphatic heterocycles. The number of likely N-dealkylation sites (N-methyl/N-ethyl adjacent to an activating group) is 1. The van der Waals surface area contributed by atoms with Gasteiger partial charge in [0.1, 0.15) is 10.4 Å². The van der Waals surface area contributed by atoms with Gasteiger partial charge in [-0.2, -0.15) is 9.57 Å². The molecule has 1 aromatic heterocycles. The molecule has 2 heterocycles. The number of piperazine rings is 1. The lowest BCUT2D eigenvalue weighted by atomic mass is 9.98. The first kappa shape index (κ1) is 21.0. The maximum absolute atomic E-state index is 12.7. The van der Waals surface area contributed by atoms with Crippen LogP contribution in [0.2, 0.25) is 0 Å². The van der Waals surface area contributed by atoms with E-state index in [2.05, 4.69) is 23.4 Å². The number of hydrogen-bond acceptors (Lipinski definition) is 6. The van der Waals surface area contributed by atoms with E-state index < -0.39 is 15.6 Å². The van der Waals surface area contributed by atoms with Crippen LogP contribution in [0.1, 0.15) is 19.8 Å². The molecule has 0 spiro atoms. The van der Waals surface area contributed by atoms with Crippen molar-refractivity contribution < 1.29 is 18.1 Å². The quantitative estimate of drug-likeness (QED) is 0.572. The van der Waals surface area contributed by atoms with Crippen molar-refractivity contribution in [2.24, 2.45) is 5.92 Å². The number of hydrogen-bond donors (Lipinski definition) is 2. The zero-order valence-corrected chi connectivity index (χ0v) is 17.8. The van der Waals surface area contributed by atoms with Gasteiger partial charge in [-0.1, -0.05) is 11.8 Å². The van der Waals surface area contributed by atoms with Crippen LogP contribution in [0.15, 0.2) is 28.3 Å². The van der Waals surface area contributed by atoms with E-state index in [0.29, 0.717) is 18.1 Å². The first-order chi connectivity index (χ1) is 13.2. The van der Waals surface area contributed by atoms with Crippen LogP contribution in [-0.2, 0) is 14.8 Å². The standard InChI is InChI=1S/C18H25N5O3S2/c1-18(13-19,14-3-4-14)21-16(24)12-27-17-6-5-15(11-20-17)28(25,26)23-9-7-22(2)8-10-23/h5-6,11,14H,3-4,7-10,12H2,1-2H3,(H,21,24)/p+1/t18-/m1/s1. The van der Waals surface area contributed by atoms with Gasteiger partial charge in [-0.15, -0.1) is 0 Å². The lowest BCUT2D eigenvalue weighted by Crippen LogP contribution is -3.12. The van der Waals surface area contributed by atoms with Gasteiger partial charge in [-0.25, -0.2) is 13.4 Å². The number of amides is 1. The predicted octanol–water partition coefficient (Wildman–Crippen LogP) is -0.499. The maximum atomic E-state index is 12.7. The van der Waals surface area contributed by atoms with Crippen LogP contribution in [-0.4, -0.2) is 68.1 Å². The largest absolute Gasteiger partial charge is 0.337 e. The van der Waals surface area contributed by atoms with Crippen molar-refractivity contribution >= 4 is 27.7 Å². The molecule has 1 saturated carbocycles. The molecule has 2 N–H and O–H groups in total. The Morgan fingerprint density at radius 3 is 2.64 bits per heavy atom. The van der Waals surface area contributed by atoms with Gasteiger partial charge in [0.15, 0.2) is 0 Å². The van der Waals surface area contributed by atoms with Gasteiger partial charge < -0.3 is 10.2 Å². The Kier molecular flexibility index (Phi) is 6.29. The normalized spacial score (nSPS) is 20.9. The van der Waals surface area contributed by atoms with Gasteiger partial charge in [0.25, 0.3) is 0 Å². The van der Waals surface area contributed by atoms with Crippen molar-refractivity contribution in [2.75, 3.05) is 39.0 Å². The molecule has 0 aromatic carbocycles. The molecule has 3 rings (SSSR count). The summed E-state index contributed by atoms with van der Waals surface area (Å²) in [5.41, 5.74) is -0.812. The summed E-state index contributed by atoms with van der Waals surface area (Å²) in [6.45, 7) is 4.34. The first-order valence-corrected chi connectivity index (χ1v) is 11.8. The molecule has 1 saturated heterocycles. The summed E-state index contributed by atoms with van der Waals surface area (Å²) in [7, 11) is -1.48. The average molecular weight is 425 g/mol. The van der Waals surface area contributed by atoms with E-state index in [0.717, 1.165) is 25.9 Å². The molecule has 2 fully saturated rings. The summed E-state index contributed by atoms with van der Waals surface area (Å²) < 4.78 is 26.9. The molecule has 0 bridgehead atoms. The van der Waals surface area contributed by atoms with Crippen LogP contribution in [0.4, 0.5) is 0 Å². The second-order valence-corrected chi connectivity index (χ2v) is 10.6. The Hall–Kier alpha value is -1.67. The van der Waals surface area contributed by atoms with Crippen molar-refractivity contribution in [1.82, 2.24) is 14.6 Å². The lowest BCUT2D eigenvalue weighted by molar-refractivity contribution is -0.883. The highest BCUT2D eigenvalue weighted by Crippen LogP contribution is 2.39. The summed E-state index contributed by atoms with van der Waals surface area (Å²) in [5.74, 6) is 0.134. The fourth-order valence-electron chi connectivity index (χ4n) is 3.21. The third-order valence-electron chi connectivity index (χ3n) is 5.30. The zero-order valence-electron chi connectivity index (χ0n) is 16.1. The number of nitriles is 1. The number of carbonyl (C=O) groups excluding carboxylic acids is 1. The summed E-state index contributed by atoms with van der Waals surface area (Å²) in [5, 5.41) is 12.7. The minimum Gasteiger partial charge on any atom is -0.337 e. The number of quaternary nitrogens is 1. The third kappa shape index (κ3) is 4.84. The summed E-state index contributed by atoms with van der Waals surface area (Å²) in [6, 6.07) is 5.36. The predicted molar refractivity (Wildman–Crippen MR) is 105 cm³/mol. The maximum Gasteiger partial charge on any atom is 0.245 e. The molecule has 1 atom stereocenters. The van der Waals surface area contributed by atoms with E-state index in [-0.39, 0.29) is 22.5 Å². The van der Waals surface area contributed by atoms with Crippen LogP contribution >= 0.6 is 11.8 Å². The highest BCUT2D eigenvalue weighted by Gasteiger charge is 2.42. The molecule has 1 aliphatic carbocycles. The first-order valence-electron chi connectivity index (χ1n) is 9.37. The Labute approximate surface area is 170 Å². The number of nitrogens with one attached hydrogen (secondary N) is 2. The minimum atomic E-state index is -3.53. The Morgan fingerprint density at radius 1 is 1.43 bits per heavy atom. The molecule has 2 aliphatic rings. The highest BCUT2D eigenvalue weighted by molar-refractivity contribution is 7.99. The molecule has 1 aromatic rings. The van der Waals surface area contributed by atoms with Gasteiger partial charge in [-0.05, 0) is 37.8 Å². The van der Waals surface area contributed by atoms with Crippen molar-refractivity contribution in [3.63, 3.8) is 0 Å². The molecule has 0 radical (unpaired) electrons. The Bertz CT molecular complexity index is 856. The number of carbonyl (C=O) groups is 1. The van der Waals surface area contributed by atoms with Gasteiger partial charge in [0, 0.05) is 6.20 Å². The zero-order chi connectivity index (χ0) is 20.4. The number of thioether (sulfide) groups is 1. The summed E-state index contributed by atoms with van der Waals surface area (Å²) >= 11 is 1.22. The van der Waals surface area contributed by atoms with E-state index >= 15 is 0 Å². The number of pyridine rings is 1. The smallest absolute Gasteiger partial charge is 0.245 e. The van der Waals surface area contributed by atoms with Crippen molar-refractivity contribution in [2.45, 2.75) is 35.2 Å². The van der Waals surface area contributed by atoms with E-state index in [4.69, 9.17) is 0 Å². The molecular formula is C18H26N5O3S2+. The average Bonchev–Trinajstić information content (AvgIpc) is 3.53. The van der Waals surface area contributed by atoms with E-state index in [1.165, 1.54) is 33.2 Å². The number of nitrogens with zero attached hydrogens (tertiary/aromatic N) is 3. The molecule has 152 valence electrons. The fourth-order valence-corrected chi connectivity index (χ4v) is 5.24. The summed E-state index contributed by atoms with van der Waals surface area (Å²) in [6.07, 6.45) is 3.28. The van der Waals surface area contributed by atoms with Crippen LogP contribution in [0.3, 0.4) is 0 Å². The monoisotopic (exact) mass is 424 g/mol. The van der Waals surface area contributed by atoms with Crippen LogP contribution in [0.5, 0.6) is 0 Å². The van der Waals surface area contributed by atoms with Crippen molar-refractivity contribution in [3.8, 4) is 6.07 Å². The fraction of sp³-hybridized carbons (Fsp3) is 0.611. The molecular weight excluding hydrogens is 398 g/mol. The summed E-state index contributed by atoms with van der Waals surface area (Å²) in [4.78, 5) is 17.9. The molecule has 0 unspecified atom stereocenters. The van der Waals surface area contributed by atoms with Crippen LogP contribution in [0, 0.1) is 17.2 Å². The van der Waals surface area contributed by atoms with E-state index in [1.807, 2.05) is 0 Å². The minimum absolute atomic E-state index is 0.129.